The number of carbonyl (C=O) groups is 2. The van der Waals surface area contributed by atoms with E-state index in [1.165, 1.54) is 30.6 Å². The quantitative estimate of drug-likeness (QED) is 0.277. The Morgan fingerprint density at radius 2 is 1.71 bits per heavy atom. The Balaban J connectivity index is 1.46. The van der Waals surface area contributed by atoms with Crippen LogP contribution in [0.15, 0.2) is 59.4 Å². The van der Waals surface area contributed by atoms with Crippen LogP contribution in [-0.4, -0.2) is 30.8 Å². The summed E-state index contributed by atoms with van der Waals surface area (Å²) in [5, 5.41) is 4.43. The van der Waals surface area contributed by atoms with Crippen molar-refractivity contribution < 1.29 is 28.2 Å². The number of nitrogens with zero attached hydrogens (tertiary/aromatic N) is 1. The van der Waals surface area contributed by atoms with Crippen LogP contribution in [0.2, 0.25) is 0 Å². The van der Waals surface area contributed by atoms with Gasteiger partial charge in [0.05, 0.1) is 26.2 Å². The van der Waals surface area contributed by atoms with Crippen LogP contribution in [0.4, 0.5) is 4.39 Å². The zero-order chi connectivity index (χ0) is 24.1. The van der Waals surface area contributed by atoms with Gasteiger partial charge < -0.3 is 14.2 Å². The van der Waals surface area contributed by atoms with E-state index in [2.05, 4.69) is 4.98 Å². The molecule has 0 atom stereocenters. The van der Waals surface area contributed by atoms with Gasteiger partial charge in [0.2, 0.25) is 0 Å². The molecular formula is C26H22FNO5S. The number of aromatic nitrogens is 1. The van der Waals surface area contributed by atoms with E-state index in [9.17, 15) is 14.0 Å². The number of pyridine rings is 1. The lowest BCUT2D eigenvalue weighted by Gasteiger charge is -2.13. The van der Waals surface area contributed by atoms with Crippen molar-refractivity contribution in [3.05, 3.63) is 76.4 Å². The second-order valence-electron chi connectivity index (χ2n) is 7.63. The van der Waals surface area contributed by atoms with Gasteiger partial charge in [-0.05, 0) is 46.2 Å². The van der Waals surface area contributed by atoms with Crippen molar-refractivity contribution in [2.45, 2.75) is 19.3 Å². The van der Waals surface area contributed by atoms with Crippen LogP contribution >= 0.6 is 11.3 Å². The maximum atomic E-state index is 14.7. The lowest BCUT2D eigenvalue weighted by molar-refractivity contribution is -0.126. The molecule has 0 amide bonds. The summed E-state index contributed by atoms with van der Waals surface area (Å²) in [6.45, 7) is 0. The summed E-state index contributed by atoms with van der Waals surface area (Å²) in [5.74, 6) is 0.704. The van der Waals surface area contributed by atoms with Crippen molar-refractivity contribution >= 4 is 33.8 Å². The molecule has 34 heavy (non-hydrogen) atoms. The Bertz CT molecular complexity index is 1340. The number of Topliss-reactive ketones (excluding diaryl/α,β-unsaturated/α-hetero) is 2. The fourth-order valence-electron chi connectivity index (χ4n) is 3.58. The average molecular weight is 480 g/mol. The molecule has 4 aromatic rings. The highest BCUT2D eigenvalue weighted by Gasteiger charge is 2.15. The van der Waals surface area contributed by atoms with Gasteiger partial charge in [-0.25, -0.2) is 4.39 Å². The van der Waals surface area contributed by atoms with Crippen molar-refractivity contribution in [2.75, 3.05) is 14.2 Å². The number of methoxy groups -OCH3 is 2. The molecule has 0 saturated heterocycles. The molecule has 2 heterocycles. The minimum Gasteiger partial charge on any atom is -0.493 e. The number of carbonyl (C=O) groups excluding carboxylic acids is 2. The highest BCUT2D eigenvalue weighted by Crippen LogP contribution is 2.37. The second kappa shape index (κ2) is 10.4. The third-order valence-corrected chi connectivity index (χ3v) is 5.95. The zero-order valence-electron chi connectivity index (χ0n) is 18.7. The van der Waals surface area contributed by atoms with Gasteiger partial charge >= 0.3 is 0 Å². The molecule has 0 aliphatic rings. The number of benzene rings is 2. The first-order valence-electron chi connectivity index (χ1n) is 10.5. The lowest BCUT2D eigenvalue weighted by atomic mass is 10.0. The van der Waals surface area contributed by atoms with Crippen LogP contribution in [0.25, 0.3) is 10.9 Å². The fraction of sp³-hybridized carbons (Fsp3) is 0.192. The van der Waals surface area contributed by atoms with Gasteiger partial charge in [-0.2, -0.15) is 11.3 Å². The lowest BCUT2D eigenvalue weighted by Crippen LogP contribution is -2.12. The summed E-state index contributed by atoms with van der Waals surface area (Å²) >= 11 is 1.50. The summed E-state index contributed by atoms with van der Waals surface area (Å²) in [5.41, 5.74) is 1.73. The Kier molecular flexibility index (Phi) is 7.18. The van der Waals surface area contributed by atoms with Gasteiger partial charge in [-0.3, -0.25) is 14.6 Å². The van der Waals surface area contributed by atoms with Crippen LogP contribution in [0.3, 0.4) is 0 Å². The highest BCUT2D eigenvalue weighted by molar-refractivity contribution is 7.08. The van der Waals surface area contributed by atoms with Crippen molar-refractivity contribution in [1.29, 1.82) is 0 Å². The van der Waals surface area contributed by atoms with Gasteiger partial charge in [0, 0.05) is 36.6 Å². The molecule has 0 saturated carbocycles. The molecule has 0 spiro atoms. The van der Waals surface area contributed by atoms with Crippen molar-refractivity contribution in [2.24, 2.45) is 0 Å². The topological polar surface area (TPSA) is 74.7 Å². The predicted octanol–water partition coefficient (Wildman–Crippen LogP) is 5.56. The monoisotopic (exact) mass is 479 g/mol. The van der Waals surface area contributed by atoms with Crippen LogP contribution in [0, 0.1) is 5.82 Å². The fourth-order valence-corrected chi connectivity index (χ4v) is 4.25. The van der Waals surface area contributed by atoms with Gasteiger partial charge in [0.15, 0.2) is 11.5 Å². The summed E-state index contributed by atoms with van der Waals surface area (Å²) < 4.78 is 31.3. The van der Waals surface area contributed by atoms with E-state index in [0.717, 1.165) is 5.56 Å². The number of thiophene rings is 1. The Morgan fingerprint density at radius 1 is 0.941 bits per heavy atom. The number of halogens is 1. The minimum atomic E-state index is -0.575. The highest BCUT2D eigenvalue weighted by atomic mass is 32.1. The normalized spacial score (nSPS) is 10.8. The van der Waals surface area contributed by atoms with Crippen molar-refractivity contribution in [3.8, 4) is 23.0 Å². The van der Waals surface area contributed by atoms with Gasteiger partial charge in [0.1, 0.15) is 28.9 Å². The first kappa shape index (κ1) is 23.4. The molecule has 0 aliphatic heterocycles. The number of fused-ring (bicyclic) bond motifs is 1. The molecule has 0 radical (unpaired) electrons. The van der Waals surface area contributed by atoms with E-state index in [1.807, 2.05) is 16.8 Å². The molecule has 0 aliphatic carbocycles. The Morgan fingerprint density at radius 3 is 2.41 bits per heavy atom. The number of rotatable bonds is 10. The molecule has 0 fully saturated rings. The van der Waals surface area contributed by atoms with Crippen LogP contribution in [0.5, 0.6) is 23.0 Å². The van der Waals surface area contributed by atoms with Crippen molar-refractivity contribution in [1.82, 2.24) is 4.98 Å². The molecular weight excluding hydrogens is 457 g/mol. The number of hydrogen-bond donors (Lipinski definition) is 0. The summed E-state index contributed by atoms with van der Waals surface area (Å²) in [6, 6.07) is 11.3. The van der Waals surface area contributed by atoms with Crippen LogP contribution in [0.1, 0.15) is 17.5 Å². The first-order valence-corrected chi connectivity index (χ1v) is 11.4. The largest absolute Gasteiger partial charge is 0.493 e. The molecule has 8 heteroatoms. The SMILES string of the molecule is COc1cc2nccc(Oc3ccc(CC(=O)CC(=O)Cc4ccsc4)c(F)c3)c2cc1OC. The molecule has 0 bridgehead atoms. The van der Waals surface area contributed by atoms with E-state index < -0.39 is 5.82 Å². The Hall–Kier alpha value is -3.78. The molecule has 0 N–H and O–H groups in total. The third-order valence-electron chi connectivity index (χ3n) is 5.22. The maximum absolute atomic E-state index is 14.7. The van der Waals surface area contributed by atoms with Crippen LogP contribution < -0.4 is 14.2 Å². The smallest absolute Gasteiger partial charge is 0.162 e. The summed E-state index contributed by atoms with van der Waals surface area (Å²) in [4.78, 5) is 28.7. The van der Waals surface area contributed by atoms with Crippen molar-refractivity contribution in [3.63, 3.8) is 0 Å². The number of ether oxygens (including phenoxy) is 3. The van der Waals surface area contributed by atoms with E-state index in [-0.39, 0.29) is 42.1 Å². The third kappa shape index (κ3) is 5.40. The average Bonchev–Trinajstić information content (AvgIpc) is 3.33. The van der Waals surface area contributed by atoms with Crippen LogP contribution in [-0.2, 0) is 22.4 Å². The molecule has 6 nitrogen and oxygen atoms in total. The van der Waals surface area contributed by atoms with Gasteiger partial charge in [-0.1, -0.05) is 6.07 Å². The zero-order valence-corrected chi connectivity index (χ0v) is 19.5. The first-order chi connectivity index (χ1) is 16.5. The van der Waals surface area contributed by atoms with E-state index >= 15 is 0 Å². The predicted molar refractivity (Wildman–Crippen MR) is 128 cm³/mol. The van der Waals surface area contributed by atoms with E-state index in [0.29, 0.717) is 28.2 Å². The van der Waals surface area contributed by atoms with Gasteiger partial charge in [-0.15, -0.1) is 0 Å². The number of hydrogen-bond acceptors (Lipinski definition) is 7. The molecule has 4 rings (SSSR count). The van der Waals surface area contributed by atoms with E-state index in [4.69, 9.17) is 14.2 Å². The minimum absolute atomic E-state index is 0.156. The number of ketones is 2. The molecule has 174 valence electrons. The maximum Gasteiger partial charge on any atom is 0.162 e. The summed E-state index contributed by atoms with van der Waals surface area (Å²) in [7, 11) is 3.07. The van der Waals surface area contributed by atoms with Gasteiger partial charge in [0.25, 0.3) is 0 Å². The summed E-state index contributed by atoms with van der Waals surface area (Å²) in [6.07, 6.45) is 1.42. The standard InChI is InChI=1S/C26H22FNO5S/c1-31-25-13-21-23(14-26(25)32-2)28-7-5-24(21)33-20-4-3-17(22(27)12-20)10-19(30)11-18(29)9-16-6-8-34-15-16/h3-8,12-15H,9-11H2,1-2H3. The molecule has 2 aromatic heterocycles. The Labute approximate surface area is 199 Å². The molecule has 2 aromatic carbocycles. The second-order valence-corrected chi connectivity index (χ2v) is 8.41. The van der Waals surface area contributed by atoms with E-state index in [1.54, 1.807) is 37.6 Å². The molecule has 0 unspecified atom stereocenters.